The van der Waals surface area contributed by atoms with E-state index in [0.717, 1.165) is 13.0 Å². The Bertz CT molecular complexity index is 540. The number of thiol groups is 1. The third-order valence-electron chi connectivity index (χ3n) is 5.04. The minimum Gasteiger partial charge on any atom is -0.456 e. The maximum Gasteiger partial charge on any atom is 0.366 e. The normalized spacial score (nSPS) is 30.9. The quantitative estimate of drug-likeness (QED) is 0.447. The molecule has 2 aliphatic rings. The van der Waals surface area contributed by atoms with Gasteiger partial charge in [0.25, 0.3) is 0 Å². The first-order chi connectivity index (χ1) is 11.6. The summed E-state index contributed by atoms with van der Waals surface area (Å²) in [7, 11) is 0. The average molecular weight is 372 g/mol. The number of imide groups is 1. The molecule has 0 spiro atoms. The second-order valence-electron chi connectivity index (χ2n) is 8.19. The predicted molar refractivity (Wildman–Crippen MR) is 98.1 cm³/mol. The molecule has 25 heavy (non-hydrogen) atoms. The molecule has 4 atom stereocenters. The van der Waals surface area contributed by atoms with Crippen molar-refractivity contribution in [3.05, 3.63) is 0 Å². The van der Waals surface area contributed by atoms with E-state index in [4.69, 9.17) is 4.74 Å². The van der Waals surface area contributed by atoms with Crippen LogP contribution >= 0.6 is 12.6 Å². The van der Waals surface area contributed by atoms with Crippen LogP contribution in [0.3, 0.4) is 0 Å². The molecule has 2 aliphatic heterocycles. The van der Waals surface area contributed by atoms with Crippen LogP contribution < -0.4 is 5.32 Å². The summed E-state index contributed by atoms with van der Waals surface area (Å²) in [6.45, 7) is 8.31. The lowest BCUT2D eigenvalue weighted by atomic mass is 10.0. The number of hydrogen-bond donors (Lipinski definition) is 2. The Hall–Kier alpha value is -0.920. The Morgan fingerprint density at radius 1 is 1.24 bits per heavy atom. The molecule has 2 fully saturated rings. The van der Waals surface area contributed by atoms with E-state index in [0.29, 0.717) is 31.6 Å². The summed E-state index contributed by atoms with van der Waals surface area (Å²) < 4.78 is 5.15. The van der Waals surface area contributed by atoms with E-state index >= 15 is 0 Å². The van der Waals surface area contributed by atoms with Crippen LogP contribution in [0.1, 0.15) is 53.4 Å². The van der Waals surface area contributed by atoms with E-state index in [2.05, 4.69) is 17.9 Å². The highest BCUT2D eigenvalue weighted by molar-refractivity contribution is 7.80. The first-order valence-electron chi connectivity index (χ1n) is 9.17. The highest BCUT2D eigenvalue weighted by Crippen LogP contribution is 2.34. The van der Waals surface area contributed by atoms with Crippen LogP contribution in [0.2, 0.25) is 0 Å². The molecular formula is C18H31N2O4S+. The zero-order chi connectivity index (χ0) is 18.8. The molecule has 7 heteroatoms. The lowest BCUT2D eigenvalue weighted by Gasteiger charge is -2.37. The number of nitrogens with zero attached hydrogens (tertiary/aromatic N) is 1. The molecule has 0 aliphatic carbocycles. The van der Waals surface area contributed by atoms with Gasteiger partial charge in [0.05, 0.1) is 12.5 Å². The van der Waals surface area contributed by atoms with E-state index in [9.17, 15) is 14.4 Å². The number of amides is 2. The van der Waals surface area contributed by atoms with E-state index in [-0.39, 0.29) is 17.9 Å². The van der Waals surface area contributed by atoms with Gasteiger partial charge in [-0.05, 0) is 47.1 Å². The minimum atomic E-state index is -0.746. The first kappa shape index (κ1) is 20.4. The van der Waals surface area contributed by atoms with Crippen molar-refractivity contribution in [1.29, 1.82) is 0 Å². The molecule has 2 heterocycles. The van der Waals surface area contributed by atoms with Crippen molar-refractivity contribution in [3.63, 3.8) is 0 Å². The number of esters is 1. The van der Waals surface area contributed by atoms with Gasteiger partial charge >= 0.3 is 17.8 Å². The predicted octanol–water partition coefficient (Wildman–Crippen LogP) is 1.68. The monoisotopic (exact) mass is 371 g/mol. The molecule has 0 aromatic rings. The zero-order valence-corrected chi connectivity index (χ0v) is 16.6. The molecule has 0 aromatic carbocycles. The molecule has 0 aromatic heterocycles. The van der Waals surface area contributed by atoms with Gasteiger partial charge in [-0.15, -0.1) is 0 Å². The lowest BCUT2D eigenvalue weighted by Crippen LogP contribution is -2.67. The van der Waals surface area contributed by atoms with E-state index in [1.165, 1.54) is 0 Å². The smallest absolute Gasteiger partial charge is 0.366 e. The SMILES string of the molecule is CC(CS)C(=O)[N+]1(C(=O)[C@@H]2CCCN2)CCC[C@H]1C(=O)OC(C)(C)C. The Labute approximate surface area is 155 Å². The van der Waals surface area contributed by atoms with E-state index in [1.807, 2.05) is 0 Å². The largest absolute Gasteiger partial charge is 0.456 e. The summed E-state index contributed by atoms with van der Waals surface area (Å²) in [5, 5.41) is 3.19. The van der Waals surface area contributed by atoms with Gasteiger partial charge in [0, 0.05) is 18.6 Å². The molecule has 1 N–H and O–H groups in total. The second-order valence-corrected chi connectivity index (χ2v) is 8.56. The molecule has 2 saturated heterocycles. The number of ether oxygens (including phenoxy) is 1. The number of hydrogen-bond acceptors (Lipinski definition) is 6. The third-order valence-corrected chi connectivity index (χ3v) is 5.59. The van der Waals surface area contributed by atoms with Crippen molar-refractivity contribution in [3.8, 4) is 0 Å². The third kappa shape index (κ3) is 4.09. The van der Waals surface area contributed by atoms with Crippen molar-refractivity contribution >= 4 is 30.4 Å². The number of likely N-dealkylation sites (tertiary alicyclic amines) is 1. The van der Waals surface area contributed by atoms with Crippen molar-refractivity contribution < 1.29 is 23.6 Å². The van der Waals surface area contributed by atoms with Gasteiger partial charge in [-0.3, -0.25) is 0 Å². The molecule has 2 unspecified atom stereocenters. The Kier molecular flexibility index (Phi) is 6.33. The molecule has 2 rings (SSSR count). The highest BCUT2D eigenvalue weighted by atomic mass is 32.1. The van der Waals surface area contributed by atoms with Crippen LogP contribution in [0.25, 0.3) is 0 Å². The number of carbonyl (C=O) groups excluding carboxylic acids is 3. The van der Waals surface area contributed by atoms with Crippen molar-refractivity contribution in [2.45, 2.75) is 71.1 Å². The molecule has 0 radical (unpaired) electrons. The highest BCUT2D eigenvalue weighted by Gasteiger charge is 2.60. The van der Waals surface area contributed by atoms with Gasteiger partial charge in [0.15, 0.2) is 0 Å². The molecule has 142 valence electrons. The van der Waals surface area contributed by atoms with Gasteiger partial charge in [-0.25, -0.2) is 14.4 Å². The molecular weight excluding hydrogens is 340 g/mol. The van der Waals surface area contributed by atoms with Crippen LogP contribution in [0.4, 0.5) is 0 Å². The number of rotatable bonds is 4. The van der Waals surface area contributed by atoms with Crippen LogP contribution in [-0.4, -0.2) is 58.8 Å². The van der Waals surface area contributed by atoms with Crippen LogP contribution in [-0.2, 0) is 19.1 Å². The van der Waals surface area contributed by atoms with E-state index in [1.54, 1.807) is 27.7 Å². The van der Waals surface area contributed by atoms with Crippen LogP contribution in [0.15, 0.2) is 0 Å². The maximum atomic E-state index is 13.4. The number of quaternary nitrogens is 1. The van der Waals surface area contributed by atoms with Gasteiger partial charge in [-0.2, -0.15) is 17.1 Å². The minimum absolute atomic E-state index is 0.176. The van der Waals surface area contributed by atoms with Crippen molar-refractivity contribution in [2.75, 3.05) is 18.8 Å². The molecule has 0 bridgehead atoms. The maximum absolute atomic E-state index is 13.4. The topological polar surface area (TPSA) is 72.5 Å². The zero-order valence-electron chi connectivity index (χ0n) is 15.7. The fourth-order valence-corrected chi connectivity index (χ4v) is 4.01. The van der Waals surface area contributed by atoms with Crippen molar-refractivity contribution in [2.24, 2.45) is 5.92 Å². The lowest BCUT2D eigenvalue weighted by molar-refractivity contribution is -0.785. The van der Waals surface area contributed by atoms with Gasteiger partial charge < -0.3 is 10.1 Å². The number of carbonyl (C=O) groups is 3. The summed E-state index contributed by atoms with van der Waals surface area (Å²) >= 11 is 4.24. The van der Waals surface area contributed by atoms with Gasteiger partial charge in [0.1, 0.15) is 11.6 Å². The van der Waals surface area contributed by atoms with Crippen LogP contribution in [0, 0.1) is 5.92 Å². The standard InChI is InChI=1S/C18H30N2O4S/c1-12(11-25)15(21)20(16(22)13-7-5-9-19-13)10-6-8-14(20)17(23)24-18(2,3)4/h12-14,19H,5-11H2,1-4H3/p+1/t12?,13-,14-,20?/m0/s1. The number of nitrogens with one attached hydrogen (secondary N) is 1. The van der Waals surface area contributed by atoms with E-state index < -0.39 is 28.0 Å². The summed E-state index contributed by atoms with van der Waals surface area (Å²) in [5.74, 6) is -0.870. The molecule has 2 amide bonds. The Morgan fingerprint density at radius 2 is 1.92 bits per heavy atom. The summed E-state index contributed by atoms with van der Waals surface area (Å²) in [4.78, 5) is 39.4. The Morgan fingerprint density at radius 3 is 2.44 bits per heavy atom. The summed E-state index contributed by atoms with van der Waals surface area (Å²) in [5.41, 5.74) is -0.651. The fourth-order valence-electron chi connectivity index (χ4n) is 3.86. The average Bonchev–Trinajstić information content (AvgIpc) is 3.20. The second kappa shape index (κ2) is 7.76. The summed E-state index contributed by atoms with van der Waals surface area (Å²) in [6, 6.07) is -1.11. The van der Waals surface area contributed by atoms with Crippen LogP contribution in [0.5, 0.6) is 0 Å². The van der Waals surface area contributed by atoms with Gasteiger partial charge in [-0.1, -0.05) is 0 Å². The van der Waals surface area contributed by atoms with Crippen molar-refractivity contribution in [1.82, 2.24) is 5.32 Å². The first-order valence-corrected chi connectivity index (χ1v) is 9.80. The molecule has 6 nitrogen and oxygen atoms in total. The Balaban J connectivity index is 2.40. The summed E-state index contributed by atoms with van der Waals surface area (Å²) in [6.07, 6.45) is 2.78. The molecule has 0 saturated carbocycles. The van der Waals surface area contributed by atoms with Gasteiger partial charge in [0.2, 0.25) is 6.04 Å². The fraction of sp³-hybridized carbons (Fsp3) is 0.833.